The lowest BCUT2D eigenvalue weighted by atomic mass is 9.97. The van der Waals surface area contributed by atoms with Crippen LogP contribution in [0.25, 0.3) is 0 Å². The molecule has 1 aliphatic heterocycles. The lowest BCUT2D eigenvalue weighted by Gasteiger charge is -2.16. The van der Waals surface area contributed by atoms with Gasteiger partial charge >= 0.3 is 11.9 Å². The van der Waals surface area contributed by atoms with Crippen molar-refractivity contribution in [3.05, 3.63) is 23.5 Å². The van der Waals surface area contributed by atoms with Gasteiger partial charge in [0.1, 0.15) is 0 Å². The number of fused-ring (bicyclic) bond motifs is 1. The van der Waals surface area contributed by atoms with Crippen LogP contribution in [0.2, 0.25) is 0 Å². The van der Waals surface area contributed by atoms with Gasteiger partial charge in [-0.3, -0.25) is 4.79 Å². The summed E-state index contributed by atoms with van der Waals surface area (Å²) in [6.07, 6.45) is 4.53. The fourth-order valence-corrected chi connectivity index (χ4v) is 2.69. The Labute approximate surface area is 118 Å². The predicted octanol–water partition coefficient (Wildman–Crippen LogP) is 2.50. The van der Waals surface area contributed by atoms with Crippen LogP contribution in [-0.2, 0) is 20.8 Å². The van der Waals surface area contributed by atoms with Gasteiger partial charge in [-0.25, -0.2) is 4.79 Å². The monoisotopic (exact) mass is 279 g/mol. The second-order valence-corrected chi connectivity index (χ2v) is 4.83. The average molecular weight is 279 g/mol. The van der Waals surface area contributed by atoms with Crippen molar-refractivity contribution in [2.75, 3.05) is 13.2 Å². The van der Waals surface area contributed by atoms with Crippen LogP contribution < -0.4 is 0 Å². The van der Waals surface area contributed by atoms with E-state index in [1.54, 1.807) is 19.9 Å². The number of rotatable bonds is 4. The van der Waals surface area contributed by atoms with Gasteiger partial charge < -0.3 is 14.0 Å². The van der Waals surface area contributed by atoms with E-state index in [-0.39, 0.29) is 17.9 Å². The van der Waals surface area contributed by atoms with E-state index >= 15 is 0 Å². The molecule has 0 aromatic carbocycles. The standard InChI is InChI=1S/C15H21NO4/c1-3-19-14(17)11-7-5-6-9-16-10-8-12(13(11)16)15(18)20-4-2/h8,10-11H,3-7,9H2,1-2H3. The molecule has 1 aliphatic rings. The minimum Gasteiger partial charge on any atom is -0.465 e. The molecule has 0 spiro atoms. The van der Waals surface area contributed by atoms with Gasteiger partial charge in [-0.15, -0.1) is 0 Å². The van der Waals surface area contributed by atoms with Crippen LogP contribution in [0.15, 0.2) is 12.3 Å². The Morgan fingerprint density at radius 2 is 2.00 bits per heavy atom. The molecule has 5 heteroatoms. The number of aromatic nitrogens is 1. The fourth-order valence-electron chi connectivity index (χ4n) is 2.69. The molecule has 0 radical (unpaired) electrons. The fraction of sp³-hybridized carbons (Fsp3) is 0.600. The SMILES string of the molecule is CCOC(=O)c1ccn2c1C(C(=O)OCC)CCCC2. The van der Waals surface area contributed by atoms with Gasteiger partial charge in [0, 0.05) is 18.4 Å². The molecule has 2 heterocycles. The zero-order valence-electron chi connectivity index (χ0n) is 12.1. The van der Waals surface area contributed by atoms with E-state index in [0.717, 1.165) is 31.5 Å². The third kappa shape index (κ3) is 2.86. The molecule has 0 amide bonds. The highest BCUT2D eigenvalue weighted by Crippen LogP contribution is 2.31. The normalized spacial score (nSPS) is 18.0. The number of carbonyl (C=O) groups is 2. The lowest BCUT2D eigenvalue weighted by Crippen LogP contribution is -2.20. The highest BCUT2D eigenvalue weighted by molar-refractivity contribution is 5.93. The molecule has 1 unspecified atom stereocenters. The van der Waals surface area contributed by atoms with Gasteiger partial charge in [-0.2, -0.15) is 0 Å². The Kier molecular flexibility index (Phi) is 4.82. The first kappa shape index (κ1) is 14.6. The zero-order valence-corrected chi connectivity index (χ0v) is 12.1. The molecule has 0 N–H and O–H groups in total. The van der Waals surface area contributed by atoms with Gasteiger partial charge in [-0.05, 0) is 32.8 Å². The molecule has 0 fully saturated rings. The van der Waals surface area contributed by atoms with Gasteiger partial charge in [0.2, 0.25) is 0 Å². The molecule has 0 bridgehead atoms. The molecule has 1 aromatic rings. The molecule has 1 atom stereocenters. The quantitative estimate of drug-likeness (QED) is 0.795. The third-order valence-corrected chi connectivity index (χ3v) is 3.54. The van der Waals surface area contributed by atoms with Crippen LogP contribution in [0.4, 0.5) is 0 Å². The third-order valence-electron chi connectivity index (χ3n) is 3.54. The molecule has 0 aliphatic carbocycles. The van der Waals surface area contributed by atoms with Gasteiger partial charge in [0.25, 0.3) is 0 Å². The van der Waals surface area contributed by atoms with Crippen molar-refractivity contribution in [1.82, 2.24) is 4.57 Å². The van der Waals surface area contributed by atoms with Gasteiger partial charge in [0.15, 0.2) is 0 Å². The Bertz CT molecular complexity index is 492. The maximum atomic E-state index is 12.2. The van der Waals surface area contributed by atoms with Crippen molar-refractivity contribution in [3.63, 3.8) is 0 Å². The summed E-state index contributed by atoms with van der Waals surface area (Å²) in [7, 11) is 0. The Morgan fingerprint density at radius 3 is 2.70 bits per heavy atom. The molecule has 20 heavy (non-hydrogen) atoms. The van der Waals surface area contributed by atoms with Crippen molar-refractivity contribution in [2.24, 2.45) is 0 Å². The molecular formula is C15H21NO4. The number of esters is 2. The summed E-state index contributed by atoms with van der Waals surface area (Å²) < 4.78 is 12.2. The van der Waals surface area contributed by atoms with Gasteiger partial charge in [0.05, 0.1) is 24.7 Å². The molecule has 5 nitrogen and oxygen atoms in total. The first-order valence-electron chi connectivity index (χ1n) is 7.21. The van der Waals surface area contributed by atoms with Crippen LogP contribution in [0.3, 0.4) is 0 Å². The number of aryl methyl sites for hydroxylation is 1. The summed E-state index contributed by atoms with van der Waals surface area (Å²) in [5.41, 5.74) is 1.24. The number of hydrogen-bond donors (Lipinski definition) is 0. The summed E-state index contributed by atoms with van der Waals surface area (Å²) >= 11 is 0. The summed E-state index contributed by atoms with van der Waals surface area (Å²) in [6, 6.07) is 1.74. The van der Waals surface area contributed by atoms with E-state index in [4.69, 9.17) is 9.47 Å². The van der Waals surface area contributed by atoms with E-state index in [9.17, 15) is 9.59 Å². The predicted molar refractivity (Wildman–Crippen MR) is 73.6 cm³/mol. The maximum Gasteiger partial charge on any atom is 0.339 e. The van der Waals surface area contributed by atoms with Crippen molar-refractivity contribution in [2.45, 2.75) is 45.6 Å². The minimum absolute atomic E-state index is 0.250. The second-order valence-electron chi connectivity index (χ2n) is 4.83. The van der Waals surface area contributed by atoms with E-state index in [1.165, 1.54) is 0 Å². The Balaban J connectivity index is 2.37. The Morgan fingerprint density at radius 1 is 1.25 bits per heavy atom. The number of ether oxygens (including phenoxy) is 2. The molecule has 0 saturated carbocycles. The molecule has 0 saturated heterocycles. The van der Waals surface area contributed by atoms with E-state index in [2.05, 4.69) is 0 Å². The summed E-state index contributed by atoms with van der Waals surface area (Å²) in [6.45, 7) is 5.07. The first-order valence-corrected chi connectivity index (χ1v) is 7.21. The number of carbonyl (C=O) groups excluding carboxylic acids is 2. The molecular weight excluding hydrogens is 258 g/mol. The highest BCUT2D eigenvalue weighted by atomic mass is 16.5. The largest absolute Gasteiger partial charge is 0.465 e. The molecule has 1 aromatic heterocycles. The highest BCUT2D eigenvalue weighted by Gasteiger charge is 2.31. The lowest BCUT2D eigenvalue weighted by molar-refractivity contribution is -0.145. The van der Waals surface area contributed by atoms with E-state index in [1.807, 2.05) is 10.8 Å². The summed E-state index contributed by atoms with van der Waals surface area (Å²) in [4.78, 5) is 24.2. The van der Waals surface area contributed by atoms with Crippen LogP contribution >= 0.6 is 0 Å². The van der Waals surface area contributed by atoms with Crippen molar-refractivity contribution in [1.29, 1.82) is 0 Å². The topological polar surface area (TPSA) is 57.5 Å². The summed E-state index contributed by atoms with van der Waals surface area (Å²) in [5, 5.41) is 0. The Hall–Kier alpha value is -1.78. The van der Waals surface area contributed by atoms with Gasteiger partial charge in [-0.1, -0.05) is 6.42 Å². The van der Waals surface area contributed by atoms with Crippen LogP contribution in [0.5, 0.6) is 0 Å². The van der Waals surface area contributed by atoms with Crippen molar-refractivity contribution in [3.8, 4) is 0 Å². The van der Waals surface area contributed by atoms with Crippen molar-refractivity contribution < 1.29 is 19.1 Å². The first-order chi connectivity index (χ1) is 9.69. The molecule has 110 valence electrons. The number of nitrogens with zero attached hydrogens (tertiary/aromatic N) is 1. The minimum atomic E-state index is -0.369. The maximum absolute atomic E-state index is 12.2. The van der Waals surface area contributed by atoms with Crippen LogP contribution in [0.1, 0.15) is 55.1 Å². The second kappa shape index (κ2) is 6.59. The number of hydrogen-bond acceptors (Lipinski definition) is 4. The van der Waals surface area contributed by atoms with Crippen LogP contribution in [-0.4, -0.2) is 29.7 Å². The average Bonchev–Trinajstić information content (AvgIpc) is 2.72. The van der Waals surface area contributed by atoms with E-state index < -0.39 is 0 Å². The van der Waals surface area contributed by atoms with E-state index in [0.29, 0.717) is 18.8 Å². The summed E-state index contributed by atoms with van der Waals surface area (Å²) in [5.74, 6) is -0.982. The zero-order chi connectivity index (χ0) is 14.5. The van der Waals surface area contributed by atoms with Crippen LogP contribution in [0, 0.1) is 0 Å². The van der Waals surface area contributed by atoms with Crippen molar-refractivity contribution >= 4 is 11.9 Å². The molecule has 2 rings (SSSR count). The smallest absolute Gasteiger partial charge is 0.339 e.